The molecule has 0 bridgehead atoms. The van der Waals surface area contributed by atoms with Crippen LogP contribution in [0.25, 0.3) is 0 Å². The molecule has 3 aromatic carbocycles. The van der Waals surface area contributed by atoms with Crippen LogP contribution in [0.4, 0.5) is 5.69 Å². The summed E-state index contributed by atoms with van der Waals surface area (Å²) in [6, 6.07) is 27.2. The monoisotopic (exact) mass is 369 g/mol. The van der Waals surface area contributed by atoms with Gasteiger partial charge in [0.05, 0.1) is 12.1 Å². The molecular formula is C25H27N3. The second-order valence-corrected chi connectivity index (χ2v) is 8.18. The second kappa shape index (κ2) is 7.08. The van der Waals surface area contributed by atoms with Crippen molar-refractivity contribution in [3.63, 3.8) is 0 Å². The molecule has 0 aromatic heterocycles. The third kappa shape index (κ3) is 3.01. The Kier molecular flexibility index (Phi) is 4.42. The molecule has 0 radical (unpaired) electrons. The molecule has 0 amide bonds. The van der Waals surface area contributed by atoms with Crippen LogP contribution in [-0.4, -0.2) is 6.54 Å². The van der Waals surface area contributed by atoms with E-state index < -0.39 is 0 Å². The number of nitrogens with zero attached hydrogens (tertiary/aromatic N) is 1. The maximum absolute atomic E-state index is 3.61. The SMILES string of the molecule is Cc1ccc(C2NNC3c4ccccc4N(Cc4ccccc4)CC23)cc1C. The summed E-state index contributed by atoms with van der Waals surface area (Å²) < 4.78 is 0. The Labute approximate surface area is 167 Å². The van der Waals surface area contributed by atoms with E-state index in [-0.39, 0.29) is 0 Å². The molecule has 3 nitrogen and oxygen atoms in total. The van der Waals surface area contributed by atoms with Crippen molar-refractivity contribution in [3.05, 3.63) is 101 Å². The van der Waals surface area contributed by atoms with Gasteiger partial charge in [-0.3, -0.25) is 0 Å². The summed E-state index contributed by atoms with van der Waals surface area (Å²) in [5, 5.41) is 0. The number of benzene rings is 3. The number of para-hydroxylation sites is 1. The van der Waals surface area contributed by atoms with Gasteiger partial charge in [0.1, 0.15) is 0 Å². The number of hydrazine groups is 1. The van der Waals surface area contributed by atoms with E-state index in [2.05, 4.69) is 102 Å². The highest BCUT2D eigenvalue weighted by Crippen LogP contribution is 2.45. The zero-order valence-corrected chi connectivity index (χ0v) is 16.5. The van der Waals surface area contributed by atoms with Gasteiger partial charge in [0.25, 0.3) is 0 Å². The van der Waals surface area contributed by atoms with E-state index >= 15 is 0 Å². The molecule has 2 heterocycles. The van der Waals surface area contributed by atoms with Crippen molar-refractivity contribution in [1.29, 1.82) is 0 Å². The number of nitrogens with one attached hydrogen (secondary N) is 2. The van der Waals surface area contributed by atoms with Crippen LogP contribution in [0.15, 0.2) is 72.8 Å². The van der Waals surface area contributed by atoms with Crippen LogP contribution in [-0.2, 0) is 6.54 Å². The Morgan fingerprint density at radius 2 is 1.57 bits per heavy atom. The maximum atomic E-state index is 3.61. The van der Waals surface area contributed by atoms with Crippen LogP contribution < -0.4 is 15.8 Å². The van der Waals surface area contributed by atoms with Crippen LogP contribution in [0.5, 0.6) is 0 Å². The van der Waals surface area contributed by atoms with Crippen molar-refractivity contribution in [2.45, 2.75) is 32.5 Å². The second-order valence-electron chi connectivity index (χ2n) is 8.18. The van der Waals surface area contributed by atoms with Crippen LogP contribution in [0.3, 0.4) is 0 Å². The van der Waals surface area contributed by atoms with Gasteiger partial charge in [0.15, 0.2) is 0 Å². The first-order valence-corrected chi connectivity index (χ1v) is 10.2. The lowest BCUT2D eigenvalue weighted by Crippen LogP contribution is -2.39. The largest absolute Gasteiger partial charge is 0.367 e. The Bertz CT molecular complexity index is 982. The van der Waals surface area contributed by atoms with E-state index in [4.69, 9.17) is 0 Å². The van der Waals surface area contributed by atoms with Crippen LogP contribution in [0.2, 0.25) is 0 Å². The van der Waals surface area contributed by atoms with Crippen molar-refractivity contribution in [1.82, 2.24) is 10.9 Å². The fraction of sp³-hybridized carbons (Fsp3) is 0.280. The molecule has 2 aliphatic heterocycles. The minimum Gasteiger partial charge on any atom is -0.367 e. The van der Waals surface area contributed by atoms with E-state index in [1.807, 2.05) is 0 Å². The number of fused-ring (bicyclic) bond motifs is 3. The maximum Gasteiger partial charge on any atom is 0.0546 e. The van der Waals surface area contributed by atoms with Crippen molar-refractivity contribution in [2.75, 3.05) is 11.4 Å². The van der Waals surface area contributed by atoms with Crippen LogP contribution in [0.1, 0.15) is 39.9 Å². The summed E-state index contributed by atoms with van der Waals surface area (Å²) in [4.78, 5) is 2.55. The standard InChI is InChI=1S/C25H27N3/c1-17-12-13-20(14-18(17)2)24-22-16-28(15-19-8-4-3-5-9-19)23-11-7-6-10-21(23)25(22)27-26-24/h3-14,22,24-27H,15-16H2,1-2H3. The quantitative estimate of drug-likeness (QED) is 0.692. The topological polar surface area (TPSA) is 27.3 Å². The lowest BCUT2D eigenvalue weighted by Gasteiger charge is -2.39. The van der Waals surface area contributed by atoms with Crippen molar-refractivity contribution in [3.8, 4) is 0 Å². The number of rotatable bonds is 3. The summed E-state index contributed by atoms with van der Waals surface area (Å²) in [7, 11) is 0. The van der Waals surface area contributed by atoms with E-state index in [0.29, 0.717) is 18.0 Å². The Hall–Kier alpha value is -2.62. The smallest absolute Gasteiger partial charge is 0.0546 e. The summed E-state index contributed by atoms with van der Waals surface area (Å²) in [5.41, 5.74) is 15.4. The van der Waals surface area contributed by atoms with E-state index in [0.717, 1.165) is 13.1 Å². The Morgan fingerprint density at radius 1 is 0.821 bits per heavy atom. The third-order valence-electron chi connectivity index (χ3n) is 6.40. The summed E-state index contributed by atoms with van der Waals surface area (Å²) in [5.74, 6) is 0.487. The Balaban J connectivity index is 1.50. The first kappa shape index (κ1) is 17.5. The highest BCUT2D eigenvalue weighted by molar-refractivity contribution is 5.58. The number of hydrogen-bond acceptors (Lipinski definition) is 3. The molecule has 2 aliphatic rings. The van der Waals surface area contributed by atoms with Gasteiger partial charge in [-0.05, 0) is 47.7 Å². The van der Waals surface area contributed by atoms with Crippen molar-refractivity contribution in [2.24, 2.45) is 5.92 Å². The van der Waals surface area contributed by atoms with Gasteiger partial charge in [-0.15, -0.1) is 0 Å². The lowest BCUT2D eigenvalue weighted by molar-refractivity contribution is 0.402. The normalized spacial score (nSPS) is 23.4. The Morgan fingerprint density at radius 3 is 2.39 bits per heavy atom. The first-order valence-electron chi connectivity index (χ1n) is 10.2. The van der Waals surface area contributed by atoms with E-state index in [1.54, 1.807) is 0 Å². The molecule has 3 heteroatoms. The molecule has 0 spiro atoms. The summed E-state index contributed by atoms with van der Waals surface area (Å²) in [6.45, 7) is 6.37. The van der Waals surface area contributed by atoms with E-state index in [9.17, 15) is 0 Å². The van der Waals surface area contributed by atoms with Gasteiger partial charge < -0.3 is 4.90 Å². The highest BCUT2D eigenvalue weighted by atomic mass is 15.4. The molecule has 142 valence electrons. The van der Waals surface area contributed by atoms with Crippen molar-refractivity contribution < 1.29 is 0 Å². The molecule has 3 aromatic rings. The molecule has 0 saturated carbocycles. The summed E-state index contributed by atoms with van der Waals surface area (Å²) >= 11 is 0. The van der Waals surface area contributed by atoms with Gasteiger partial charge in [0.2, 0.25) is 0 Å². The van der Waals surface area contributed by atoms with Gasteiger partial charge in [-0.25, -0.2) is 10.9 Å². The average Bonchev–Trinajstić information content (AvgIpc) is 3.15. The predicted molar refractivity (Wildman–Crippen MR) is 115 cm³/mol. The summed E-state index contributed by atoms with van der Waals surface area (Å²) in [6.07, 6.45) is 0. The van der Waals surface area contributed by atoms with Gasteiger partial charge in [-0.2, -0.15) is 0 Å². The molecule has 3 unspecified atom stereocenters. The number of hydrogen-bond donors (Lipinski definition) is 2. The predicted octanol–water partition coefficient (Wildman–Crippen LogP) is 4.83. The number of aryl methyl sites for hydroxylation is 2. The van der Waals surface area contributed by atoms with Crippen LogP contribution >= 0.6 is 0 Å². The first-order chi connectivity index (χ1) is 13.7. The van der Waals surface area contributed by atoms with Crippen LogP contribution in [0, 0.1) is 19.8 Å². The number of anilines is 1. The molecule has 28 heavy (non-hydrogen) atoms. The van der Waals surface area contributed by atoms with Gasteiger partial charge >= 0.3 is 0 Å². The zero-order chi connectivity index (χ0) is 19.1. The molecule has 1 fully saturated rings. The molecule has 1 saturated heterocycles. The molecule has 0 aliphatic carbocycles. The fourth-order valence-electron chi connectivity index (χ4n) is 4.74. The van der Waals surface area contributed by atoms with Gasteiger partial charge in [0, 0.05) is 24.7 Å². The molecule has 5 rings (SSSR count). The minimum absolute atomic E-state index is 0.316. The third-order valence-corrected chi connectivity index (χ3v) is 6.40. The minimum atomic E-state index is 0.316. The van der Waals surface area contributed by atoms with Gasteiger partial charge in [-0.1, -0.05) is 66.7 Å². The highest BCUT2D eigenvalue weighted by Gasteiger charge is 2.43. The molecule has 2 N–H and O–H groups in total. The zero-order valence-electron chi connectivity index (χ0n) is 16.5. The van der Waals surface area contributed by atoms with E-state index in [1.165, 1.54) is 33.5 Å². The fourth-order valence-corrected chi connectivity index (χ4v) is 4.74. The molecular weight excluding hydrogens is 342 g/mol. The molecule has 3 atom stereocenters. The van der Waals surface area contributed by atoms with Crippen molar-refractivity contribution >= 4 is 5.69 Å². The lowest BCUT2D eigenvalue weighted by atomic mass is 9.81. The average molecular weight is 370 g/mol.